The van der Waals surface area contributed by atoms with Crippen LogP contribution in [0.3, 0.4) is 0 Å². The van der Waals surface area contributed by atoms with Crippen LogP contribution in [0.1, 0.15) is 0 Å². The van der Waals surface area contributed by atoms with Crippen LogP contribution < -0.4 is 0 Å². The molecule has 0 fully saturated rings. The Morgan fingerprint density at radius 2 is 2.07 bits per heavy atom. The number of rotatable bonds is 2. The lowest BCUT2D eigenvalue weighted by molar-refractivity contribution is -0.0328. The van der Waals surface area contributed by atoms with Crippen LogP contribution >= 0.6 is 11.8 Å². The van der Waals surface area contributed by atoms with Gasteiger partial charge in [0, 0.05) is 17.3 Å². The number of hydrogen-bond donors (Lipinski definition) is 0. The Morgan fingerprint density at radius 1 is 1.47 bits per heavy atom. The van der Waals surface area contributed by atoms with Gasteiger partial charge in [-0.15, -0.1) is 0 Å². The van der Waals surface area contributed by atoms with Gasteiger partial charge in [0.25, 0.3) is 0 Å². The first-order valence-corrected chi connectivity index (χ1v) is 6.23. The molecule has 3 nitrogen and oxygen atoms in total. The third-order valence-corrected chi connectivity index (χ3v) is 3.03. The highest BCUT2D eigenvalue weighted by molar-refractivity contribution is 8.00. The zero-order valence-electron chi connectivity index (χ0n) is 7.37. The van der Waals surface area contributed by atoms with Gasteiger partial charge in [-0.1, -0.05) is 0 Å². The van der Waals surface area contributed by atoms with Crippen LogP contribution in [0.5, 0.6) is 0 Å². The predicted molar refractivity (Wildman–Crippen MR) is 48.1 cm³/mol. The zero-order chi connectivity index (χ0) is 11.7. The molecule has 0 aliphatic heterocycles. The highest BCUT2D eigenvalue weighted by atomic mass is 32.2. The van der Waals surface area contributed by atoms with Gasteiger partial charge in [-0.3, -0.25) is 4.98 Å². The Morgan fingerprint density at radius 3 is 2.53 bits per heavy atom. The second kappa shape index (κ2) is 4.01. The van der Waals surface area contributed by atoms with Crippen molar-refractivity contribution in [3.8, 4) is 0 Å². The average molecular weight is 256 g/mol. The molecule has 0 spiro atoms. The van der Waals surface area contributed by atoms with Gasteiger partial charge in [-0.2, -0.15) is 13.2 Å². The minimum Gasteiger partial charge on any atom is -0.252 e. The van der Waals surface area contributed by atoms with Crippen molar-refractivity contribution >= 4 is 21.6 Å². The van der Waals surface area contributed by atoms with Crippen LogP contribution in [-0.4, -0.2) is 25.2 Å². The summed E-state index contributed by atoms with van der Waals surface area (Å²) in [4.78, 5) is 2.68. The molecule has 83 valence electrons. The molecule has 0 aromatic carbocycles. The molecule has 0 aliphatic rings. The highest BCUT2D eigenvalue weighted by Crippen LogP contribution is 2.36. The number of pyridine rings is 1. The van der Waals surface area contributed by atoms with Crippen LogP contribution in [0.2, 0.25) is 0 Å². The first-order valence-electron chi connectivity index (χ1n) is 3.52. The molecule has 1 aromatic rings. The highest BCUT2D eigenvalue weighted by Gasteiger charge is 2.29. The number of alkyl halides is 3. The summed E-state index contributed by atoms with van der Waals surface area (Å²) in [5, 5.41) is 0. The van der Waals surface area contributed by atoms with E-state index in [2.05, 4.69) is 11.2 Å². The molecule has 0 saturated carbocycles. The maximum Gasteiger partial charge on any atom is 0.446 e. The van der Waals surface area contributed by atoms with E-state index in [-0.39, 0.29) is 9.79 Å². The van der Waals surface area contributed by atoms with Gasteiger partial charge in [0.05, 0.1) is 4.90 Å². The Labute approximate surface area is 88.6 Å². The van der Waals surface area contributed by atoms with E-state index in [4.69, 9.17) is 0 Å². The normalized spacial score (nSPS) is 12.8. The van der Waals surface area contributed by atoms with E-state index in [1.807, 2.05) is 0 Å². The van der Waals surface area contributed by atoms with E-state index in [9.17, 15) is 21.6 Å². The molecule has 0 saturated heterocycles. The fourth-order valence-electron chi connectivity index (χ4n) is 0.738. The number of thioether (sulfide) groups is 1. The SMILES string of the molecule is CS(=O)(=O)c1cn[c]c(SC(F)(F)F)c1. The lowest BCUT2D eigenvalue weighted by Gasteiger charge is -2.05. The number of sulfone groups is 1. The molecule has 1 radical (unpaired) electrons. The van der Waals surface area contributed by atoms with E-state index in [1.54, 1.807) is 0 Å². The third kappa shape index (κ3) is 4.08. The second-order valence-electron chi connectivity index (χ2n) is 2.60. The van der Waals surface area contributed by atoms with Crippen molar-refractivity contribution in [3.63, 3.8) is 0 Å². The molecule has 0 N–H and O–H groups in total. The van der Waals surface area contributed by atoms with Gasteiger partial charge in [0.15, 0.2) is 9.84 Å². The Balaban J connectivity index is 3.04. The van der Waals surface area contributed by atoms with Crippen molar-refractivity contribution in [1.29, 1.82) is 0 Å². The fraction of sp³-hybridized carbons (Fsp3) is 0.286. The predicted octanol–water partition coefficient (Wildman–Crippen LogP) is 1.90. The second-order valence-corrected chi connectivity index (χ2v) is 5.72. The van der Waals surface area contributed by atoms with Gasteiger partial charge in [0.1, 0.15) is 6.20 Å². The lowest BCUT2D eigenvalue weighted by Crippen LogP contribution is -2.02. The minimum absolute atomic E-state index is 0.256. The summed E-state index contributed by atoms with van der Waals surface area (Å²) in [6, 6.07) is 0.889. The van der Waals surface area contributed by atoms with Crippen molar-refractivity contribution < 1.29 is 21.6 Å². The number of aromatic nitrogens is 1. The fourth-order valence-corrected chi connectivity index (χ4v) is 1.92. The smallest absolute Gasteiger partial charge is 0.252 e. The quantitative estimate of drug-likeness (QED) is 0.758. The molecule has 1 heterocycles. The summed E-state index contributed by atoms with van der Waals surface area (Å²) in [5.74, 6) is 0. The molecular formula is C7H5F3NO2S2. The number of hydrogen-bond acceptors (Lipinski definition) is 4. The van der Waals surface area contributed by atoms with Crippen molar-refractivity contribution in [3.05, 3.63) is 18.5 Å². The summed E-state index contributed by atoms with van der Waals surface area (Å²) in [5.41, 5.74) is -4.48. The molecular weight excluding hydrogens is 251 g/mol. The molecule has 0 aliphatic carbocycles. The monoisotopic (exact) mass is 256 g/mol. The largest absolute Gasteiger partial charge is 0.446 e. The van der Waals surface area contributed by atoms with Crippen LogP contribution in [-0.2, 0) is 9.84 Å². The van der Waals surface area contributed by atoms with Crippen molar-refractivity contribution in [2.24, 2.45) is 0 Å². The molecule has 0 amide bonds. The van der Waals surface area contributed by atoms with Crippen LogP contribution in [0.25, 0.3) is 0 Å². The molecule has 0 bridgehead atoms. The van der Waals surface area contributed by atoms with Gasteiger partial charge in [-0.05, 0) is 17.8 Å². The number of halogens is 3. The summed E-state index contributed by atoms with van der Waals surface area (Å²) in [7, 11) is -3.54. The zero-order valence-corrected chi connectivity index (χ0v) is 9.00. The summed E-state index contributed by atoms with van der Waals surface area (Å²) < 4.78 is 57.8. The maximum absolute atomic E-state index is 11.9. The number of nitrogens with zero attached hydrogens (tertiary/aromatic N) is 1. The van der Waals surface area contributed by atoms with E-state index in [0.29, 0.717) is 0 Å². The van der Waals surface area contributed by atoms with E-state index in [1.165, 1.54) is 0 Å². The van der Waals surface area contributed by atoms with Gasteiger partial charge >= 0.3 is 5.51 Å². The molecule has 8 heteroatoms. The summed E-state index contributed by atoms with van der Waals surface area (Å²) in [6.45, 7) is 0. The van der Waals surface area contributed by atoms with Gasteiger partial charge < -0.3 is 0 Å². The van der Waals surface area contributed by atoms with Crippen LogP contribution in [0, 0.1) is 6.20 Å². The third-order valence-electron chi connectivity index (χ3n) is 1.29. The Kier molecular flexibility index (Phi) is 3.29. The van der Waals surface area contributed by atoms with Crippen molar-refractivity contribution in [2.75, 3.05) is 6.26 Å². The van der Waals surface area contributed by atoms with Crippen LogP contribution in [0.15, 0.2) is 22.1 Å². The van der Waals surface area contributed by atoms with Gasteiger partial charge in [-0.25, -0.2) is 8.42 Å². The lowest BCUT2D eigenvalue weighted by atomic mass is 10.5. The summed E-state index contributed by atoms with van der Waals surface area (Å²) >= 11 is -0.451. The first-order chi connectivity index (χ1) is 6.68. The van der Waals surface area contributed by atoms with E-state index < -0.39 is 27.1 Å². The molecule has 1 rings (SSSR count). The summed E-state index contributed by atoms with van der Waals surface area (Å²) in [6.07, 6.45) is 3.91. The Hall–Kier alpha value is -0.760. The molecule has 0 atom stereocenters. The van der Waals surface area contributed by atoms with Crippen molar-refractivity contribution in [1.82, 2.24) is 4.98 Å². The van der Waals surface area contributed by atoms with Gasteiger partial charge in [0.2, 0.25) is 0 Å². The van der Waals surface area contributed by atoms with E-state index >= 15 is 0 Å². The molecule has 15 heavy (non-hydrogen) atoms. The molecule has 1 aromatic heterocycles. The topological polar surface area (TPSA) is 47.0 Å². The maximum atomic E-state index is 11.9. The Bertz CT molecular complexity index is 456. The average Bonchev–Trinajstić information content (AvgIpc) is 1.99. The first kappa shape index (κ1) is 12.3. The minimum atomic E-state index is -4.48. The standard InChI is InChI=1S/C7H5F3NO2S2/c1-15(12,13)6-2-5(3-11-4-6)14-7(8,9)10/h2,4H,1H3. The van der Waals surface area contributed by atoms with E-state index in [0.717, 1.165) is 18.5 Å². The molecule has 0 unspecified atom stereocenters. The van der Waals surface area contributed by atoms with Crippen molar-refractivity contribution in [2.45, 2.75) is 15.3 Å². The van der Waals surface area contributed by atoms with Crippen LogP contribution in [0.4, 0.5) is 13.2 Å².